The molecular weight excluding hydrogens is 272 g/mol. The van der Waals surface area contributed by atoms with E-state index in [0.29, 0.717) is 0 Å². The molecule has 1 aliphatic heterocycles. The largest absolute Gasteiger partial charge is 0.268 e. The Hall–Kier alpha value is -2.42. The predicted molar refractivity (Wildman–Crippen MR) is 88.6 cm³/mol. The van der Waals surface area contributed by atoms with Crippen molar-refractivity contribution in [3.63, 3.8) is 0 Å². The number of rotatable bonds is 0. The van der Waals surface area contributed by atoms with Crippen molar-refractivity contribution in [2.75, 3.05) is 0 Å². The summed E-state index contributed by atoms with van der Waals surface area (Å²) in [5.74, 6) is 0.853. The fourth-order valence-electron chi connectivity index (χ4n) is 3.53. The zero-order valence-electron chi connectivity index (χ0n) is 13.5. The molecule has 2 heterocycles. The molecule has 0 unspecified atom stereocenters. The van der Waals surface area contributed by atoms with Gasteiger partial charge in [0.2, 0.25) is 0 Å². The third kappa shape index (κ3) is 1.41. The van der Waals surface area contributed by atoms with Gasteiger partial charge in [-0.05, 0) is 74.6 Å². The van der Waals surface area contributed by atoms with Gasteiger partial charge in [-0.25, -0.2) is 4.98 Å². The first kappa shape index (κ1) is 13.3. The Morgan fingerprint density at radius 2 is 1.50 bits per heavy atom. The van der Waals surface area contributed by atoms with Crippen LogP contribution in [0.3, 0.4) is 0 Å². The molecule has 0 amide bonds. The highest BCUT2D eigenvalue weighted by molar-refractivity contribution is 6.14. The molecule has 0 atom stereocenters. The number of nitrogens with zero attached hydrogens (tertiary/aromatic N) is 2. The Morgan fingerprint density at radius 1 is 0.864 bits per heavy atom. The van der Waals surface area contributed by atoms with Crippen LogP contribution in [0, 0.1) is 34.6 Å². The van der Waals surface area contributed by atoms with Crippen molar-refractivity contribution in [3.05, 3.63) is 51.6 Å². The zero-order chi connectivity index (χ0) is 15.8. The molecule has 1 aliphatic rings. The maximum Gasteiger partial charge on any atom is 0.265 e. The molecule has 0 fully saturated rings. The lowest BCUT2D eigenvalue weighted by atomic mass is 9.90. The molecule has 3 nitrogen and oxygen atoms in total. The van der Waals surface area contributed by atoms with E-state index in [1.807, 2.05) is 32.0 Å². The lowest BCUT2D eigenvalue weighted by Gasteiger charge is -2.13. The molecule has 1 aromatic heterocycles. The zero-order valence-corrected chi connectivity index (χ0v) is 13.5. The van der Waals surface area contributed by atoms with Gasteiger partial charge in [0.05, 0.1) is 16.6 Å². The average molecular weight is 290 g/mol. The molecule has 0 aliphatic carbocycles. The first-order valence-corrected chi connectivity index (χ1v) is 7.56. The first-order chi connectivity index (χ1) is 10.4. The smallest absolute Gasteiger partial charge is 0.265 e. The quantitative estimate of drug-likeness (QED) is 0.485. The minimum Gasteiger partial charge on any atom is -0.268 e. The number of imidazole rings is 1. The maximum absolute atomic E-state index is 13.0. The number of aromatic nitrogens is 2. The summed E-state index contributed by atoms with van der Waals surface area (Å²) in [4.78, 5) is 17.8. The summed E-state index contributed by atoms with van der Waals surface area (Å²) in [5, 5.41) is 0. The standard InChI is InChI=1S/C19H18N2O/c1-9-6-7-14-15(8-9)21-18(20-14)16-12(4)10(2)11(3)13(5)17(16)19(21)22/h6-8H,1-5H3. The Morgan fingerprint density at radius 3 is 2.18 bits per heavy atom. The van der Waals surface area contributed by atoms with Crippen molar-refractivity contribution < 1.29 is 4.79 Å². The Labute approximate surface area is 129 Å². The third-order valence-corrected chi connectivity index (χ3v) is 5.14. The van der Waals surface area contributed by atoms with E-state index in [2.05, 4.69) is 20.8 Å². The van der Waals surface area contributed by atoms with Crippen LogP contribution >= 0.6 is 0 Å². The lowest BCUT2D eigenvalue weighted by molar-refractivity contribution is 0.0973. The lowest BCUT2D eigenvalue weighted by Crippen LogP contribution is -2.09. The van der Waals surface area contributed by atoms with Crippen LogP contribution in [0.5, 0.6) is 0 Å². The fourth-order valence-corrected chi connectivity index (χ4v) is 3.53. The fraction of sp³-hybridized carbons (Fsp3) is 0.263. The topological polar surface area (TPSA) is 34.9 Å². The second-order valence-corrected chi connectivity index (χ2v) is 6.32. The Balaban J connectivity index is 2.19. The third-order valence-electron chi connectivity index (χ3n) is 5.14. The van der Waals surface area contributed by atoms with E-state index in [0.717, 1.165) is 44.7 Å². The molecule has 3 aromatic rings. The molecule has 110 valence electrons. The SMILES string of the molecule is Cc1ccc2nc3n(c2c1)C(=O)c1c(C)c(C)c(C)c(C)c1-3. The predicted octanol–water partition coefficient (Wildman–Crippen LogP) is 4.25. The summed E-state index contributed by atoms with van der Waals surface area (Å²) in [6.07, 6.45) is 0. The molecule has 0 N–H and O–H groups in total. The molecular formula is C19H18N2O. The maximum atomic E-state index is 13.0. The molecule has 0 saturated carbocycles. The van der Waals surface area contributed by atoms with Crippen LogP contribution < -0.4 is 0 Å². The van der Waals surface area contributed by atoms with E-state index in [4.69, 9.17) is 4.98 Å². The van der Waals surface area contributed by atoms with E-state index in [1.54, 1.807) is 4.57 Å². The highest BCUT2D eigenvalue weighted by Gasteiger charge is 2.34. The van der Waals surface area contributed by atoms with Gasteiger partial charge in [0.15, 0.2) is 0 Å². The number of carbonyl (C=O) groups is 1. The molecule has 3 heteroatoms. The van der Waals surface area contributed by atoms with Crippen LogP contribution in [0.1, 0.15) is 38.2 Å². The van der Waals surface area contributed by atoms with Crippen molar-refractivity contribution in [1.29, 1.82) is 0 Å². The summed E-state index contributed by atoms with van der Waals surface area (Å²) < 4.78 is 1.78. The molecule has 0 spiro atoms. The number of benzene rings is 2. The second-order valence-electron chi connectivity index (χ2n) is 6.32. The molecule has 0 saturated heterocycles. The van der Waals surface area contributed by atoms with Gasteiger partial charge in [-0.15, -0.1) is 0 Å². The minimum absolute atomic E-state index is 0.0572. The summed E-state index contributed by atoms with van der Waals surface area (Å²) in [5.41, 5.74) is 9.47. The number of aryl methyl sites for hydroxylation is 1. The van der Waals surface area contributed by atoms with E-state index < -0.39 is 0 Å². The van der Waals surface area contributed by atoms with E-state index in [9.17, 15) is 4.79 Å². The van der Waals surface area contributed by atoms with Crippen LogP contribution in [-0.2, 0) is 0 Å². The summed E-state index contributed by atoms with van der Waals surface area (Å²) in [6, 6.07) is 6.07. The van der Waals surface area contributed by atoms with Gasteiger partial charge >= 0.3 is 0 Å². The van der Waals surface area contributed by atoms with Gasteiger partial charge < -0.3 is 0 Å². The van der Waals surface area contributed by atoms with Gasteiger partial charge in [-0.1, -0.05) is 6.07 Å². The molecule has 2 aromatic carbocycles. The number of hydrogen-bond acceptors (Lipinski definition) is 2. The number of carbonyl (C=O) groups excluding carboxylic acids is 1. The van der Waals surface area contributed by atoms with Gasteiger partial charge in [-0.3, -0.25) is 9.36 Å². The van der Waals surface area contributed by atoms with Crippen molar-refractivity contribution >= 4 is 16.9 Å². The van der Waals surface area contributed by atoms with Gasteiger partial charge in [-0.2, -0.15) is 0 Å². The summed E-state index contributed by atoms with van der Waals surface area (Å²) >= 11 is 0. The van der Waals surface area contributed by atoms with Crippen LogP contribution in [0.4, 0.5) is 0 Å². The van der Waals surface area contributed by atoms with Gasteiger partial charge in [0, 0.05) is 5.56 Å². The van der Waals surface area contributed by atoms with Crippen molar-refractivity contribution in [2.24, 2.45) is 0 Å². The molecule has 4 rings (SSSR count). The Bertz CT molecular complexity index is 993. The van der Waals surface area contributed by atoms with Crippen molar-refractivity contribution in [2.45, 2.75) is 34.6 Å². The highest BCUT2D eigenvalue weighted by Crippen LogP contribution is 2.41. The monoisotopic (exact) mass is 290 g/mol. The van der Waals surface area contributed by atoms with Crippen molar-refractivity contribution in [3.8, 4) is 11.4 Å². The van der Waals surface area contributed by atoms with Crippen LogP contribution in [0.2, 0.25) is 0 Å². The van der Waals surface area contributed by atoms with Gasteiger partial charge in [0.25, 0.3) is 5.91 Å². The van der Waals surface area contributed by atoms with Crippen LogP contribution in [-0.4, -0.2) is 15.5 Å². The van der Waals surface area contributed by atoms with E-state index in [1.165, 1.54) is 11.1 Å². The molecule has 0 bridgehead atoms. The Kier molecular flexibility index (Phi) is 2.45. The average Bonchev–Trinajstić information content (AvgIpc) is 2.98. The highest BCUT2D eigenvalue weighted by atomic mass is 16.2. The first-order valence-electron chi connectivity index (χ1n) is 7.56. The van der Waals surface area contributed by atoms with E-state index >= 15 is 0 Å². The van der Waals surface area contributed by atoms with Crippen LogP contribution in [0.25, 0.3) is 22.4 Å². The van der Waals surface area contributed by atoms with Crippen molar-refractivity contribution in [1.82, 2.24) is 9.55 Å². The normalized spacial score (nSPS) is 12.9. The minimum atomic E-state index is 0.0572. The van der Waals surface area contributed by atoms with E-state index in [-0.39, 0.29) is 5.91 Å². The van der Waals surface area contributed by atoms with Crippen LogP contribution in [0.15, 0.2) is 18.2 Å². The number of fused-ring (bicyclic) bond motifs is 5. The summed E-state index contributed by atoms with van der Waals surface area (Å²) in [6.45, 7) is 10.4. The summed E-state index contributed by atoms with van der Waals surface area (Å²) in [7, 11) is 0. The van der Waals surface area contributed by atoms with Gasteiger partial charge in [0.1, 0.15) is 5.82 Å². The number of hydrogen-bond donors (Lipinski definition) is 0. The second kappa shape index (κ2) is 4.07. The molecule has 22 heavy (non-hydrogen) atoms. The molecule has 0 radical (unpaired) electrons.